The van der Waals surface area contributed by atoms with Crippen LogP contribution in [0.25, 0.3) is 5.69 Å². The van der Waals surface area contributed by atoms with Crippen molar-refractivity contribution < 1.29 is 13.2 Å². The molecule has 0 radical (unpaired) electrons. The number of aryl methyl sites for hydroxylation is 1. The van der Waals surface area contributed by atoms with E-state index < -0.39 is 17.3 Å². The number of nitrogens with one attached hydrogen (secondary N) is 1. The molecule has 0 amide bonds. The quantitative estimate of drug-likeness (QED) is 0.921. The second-order valence-electron chi connectivity index (χ2n) is 5.45. The molecule has 1 N–H and O–H groups in total. The largest absolute Gasteiger partial charge is 0.418 e. The van der Waals surface area contributed by atoms with Crippen molar-refractivity contribution in [3.05, 3.63) is 51.9 Å². The van der Waals surface area contributed by atoms with Crippen LogP contribution < -0.4 is 5.56 Å². The van der Waals surface area contributed by atoms with Crippen molar-refractivity contribution >= 4 is 0 Å². The number of para-hydroxylation sites is 1. The van der Waals surface area contributed by atoms with Gasteiger partial charge in [-0.25, -0.2) is 4.68 Å². The van der Waals surface area contributed by atoms with Crippen LogP contribution in [0, 0.1) is 5.92 Å². The molecular formula is C15H15F3N2O. The predicted octanol–water partition coefficient (Wildman–Crippen LogP) is 3.53. The Labute approximate surface area is 119 Å². The van der Waals surface area contributed by atoms with Gasteiger partial charge in [0, 0.05) is 11.8 Å². The SMILES string of the molecule is O=c1cc(CCC2CC2)[nH]n1-c1ccccc1C(F)(F)F. The van der Waals surface area contributed by atoms with E-state index in [0.717, 1.165) is 17.2 Å². The Morgan fingerprint density at radius 2 is 1.95 bits per heavy atom. The monoisotopic (exact) mass is 296 g/mol. The van der Waals surface area contributed by atoms with Gasteiger partial charge in [0.15, 0.2) is 0 Å². The molecule has 0 aliphatic heterocycles. The average molecular weight is 296 g/mol. The minimum Gasteiger partial charge on any atom is -0.295 e. The highest BCUT2D eigenvalue weighted by Gasteiger charge is 2.34. The summed E-state index contributed by atoms with van der Waals surface area (Å²) in [5.41, 5.74) is -0.753. The van der Waals surface area contributed by atoms with Crippen LogP contribution in [0.3, 0.4) is 0 Å². The molecule has 0 atom stereocenters. The molecule has 0 bridgehead atoms. The minimum absolute atomic E-state index is 0.160. The summed E-state index contributed by atoms with van der Waals surface area (Å²) in [4.78, 5) is 11.9. The lowest BCUT2D eigenvalue weighted by Crippen LogP contribution is -2.18. The number of aromatic nitrogens is 2. The van der Waals surface area contributed by atoms with E-state index in [1.807, 2.05) is 0 Å². The average Bonchev–Trinajstić information content (AvgIpc) is 3.18. The summed E-state index contributed by atoms with van der Waals surface area (Å²) in [6.45, 7) is 0. The van der Waals surface area contributed by atoms with Crippen molar-refractivity contribution in [2.24, 2.45) is 5.92 Å². The first-order valence-electron chi connectivity index (χ1n) is 6.92. The van der Waals surface area contributed by atoms with Crippen LogP contribution >= 0.6 is 0 Å². The van der Waals surface area contributed by atoms with Gasteiger partial charge in [0.05, 0.1) is 11.3 Å². The van der Waals surface area contributed by atoms with E-state index in [1.54, 1.807) is 0 Å². The van der Waals surface area contributed by atoms with Crippen LogP contribution in [0.1, 0.15) is 30.5 Å². The van der Waals surface area contributed by atoms with Gasteiger partial charge >= 0.3 is 6.18 Å². The summed E-state index contributed by atoms with van der Waals surface area (Å²) in [6, 6.07) is 6.46. The fourth-order valence-corrected chi connectivity index (χ4v) is 2.43. The zero-order chi connectivity index (χ0) is 15.0. The summed E-state index contributed by atoms with van der Waals surface area (Å²) in [7, 11) is 0. The molecule has 3 nitrogen and oxygen atoms in total. The van der Waals surface area contributed by atoms with Gasteiger partial charge in [0.2, 0.25) is 0 Å². The molecule has 1 fully saturated rings. The third-order valence-electron chi connectivity index (χ3n) is 3.74. The van der Waals surface area contributed by atoms with Gasteiger partial charge in [-0.1, -0.05) is 25.0 Å². The van der Waals surface area contributed by atoms with Crippen molar-refractivity contribution in [3.63, 3.8) is 0 Å². The number of aromatic amines is 1. The Balaban J connectivity index is 1.95. The Morgan fingerprint density at radius 3 is 2.62 bits per heavy atom. The maximum absolute atomic E-state index is 13.0. The lowest BCUT2D eigenvalue weighted by molar-refractivity contribution is -0.137. The first-order chi connectivity index (χ1) is 9.95. The maximum Gasteiger partial charge on any atom is 0.418 e. The van der Waals surface area contributed by atoms with E-state index in [0.29, 0.717) is 18.0 Å². The van der Waals surface area contributed by atoms with Gasteiger partial charge in [-0.2, -0.15) is 13.2 Å². The van der Waals surface area contributed by atoms with Crippen molar-refractivity contribution in [2.45, 2.75) is 31.9 Å². The van der Waals surface area contributed by atoms with Gasteiger partial charge in [-0.15, -0.1) is 0 Å². The summed E-state index contributed by atoms with van der Waals surface area (Å²) >= 11 is 0. The van der Waals surface area contributed by atoms with E-state index in [2.05, 4.69) is 5.10 Å². The van der Waals surface area contributed by atoms with Gasteiger partial charge in [-0.05, 0) is 30.9 Å². The second kappa shape index (κ2) is 5.09. The van der Waals surface area contributed by atoms with E-state index >= 15 is 0 Å². The van der Waals surface area contributed by atoms with E-state index in [1.165, 1.54) is 37.1 Å². The second-order valence-corrected chi connectivity index (χ2v) is 5.45. The molecule has 1 aromatic carbocycles. The number of hydrogen-bond donors (Lipinski definition) is 1. The fourth-order valence-electron chi connectivity index (χ4n) is 2.43. The van der Waals surface area contributed by atoms with Gasteiger partial charge < -0.3 is 0 Å². The summed E-state index contributed by atoms with van der Waals surface area (Å²) < 4.78 is 40.0. The third-order valence-corrected chi connectivity index (χ3v) is 3.74. The molecule has 0 saturated heterocycles. The number of alkyl halides is 3. The number of hydrogen-bond acceptors (Lipinski definition) is 1. The molecule has 1 saturated carbocycles. The van der Waals surface area contributed by atoms with Gasteiger partial charge in [-0.3, -0.25) is 9.89 Å². The molecule has 0 unspecified atom stereocenters. The van der Waals surface area contributed by atoms with Crippen LogP contribution in [0.4, 0.5) is 13.2 Å². The predicted molar refractivity (Wildman–Crippen MR) is 72.4 cm³/mol. The molecule has 1 aliphatic carbocycles. The van der Waals surface area contributed by atoms with Crippen molar-refractivity contribution in [2.75, 3.05) is 0 Å². The molecule has 0 spiro atoms. The van der Waals surface area contributed by atoms with Crippen LogP contribution in [0.15, 0.2) is 35.1 Å². The molecular weight excluding hydrogens is 281 g/mol. The number of nitrogens with zero attached hydrogens (tertiary/aromatic N) is 1. The fraction of sp³-hybridized carbons (Fsp3) is 0.400. The van der Waals surface area contributed by atoms with E-state index in [4.69, 9.17) is 0 Å². The van der Waals surface area contributed by atoms with E-state index in [-0.39, 0.29) is 5.69 Å². The Bertz CT molecular complexity index is 695. The molecule has 1 aromatic heterocycles. The summed E-state index contributed by atoms with van der Waals surface area (Å²) in [5.74, 6) is 0.708. The Kier molecular flexibility index (Phi) is 3.39. The lowest BCUT2D eigenvalue weighted by Gasteiger charge is -2.12. The Hall–Kier alpha value is -1.98. The molecule has 21 heavy (non-hydrogen) atoms. The van der Waals surface area contributed by atoms with E-state index in [9.17, 15) is 18.0 Å². The van der Waals surface area contributed by atoms with Crippen LogP contribution in [0.5, 0.6) is 0 Å². The topological polar surface area (TPSA) is 37.8 Å². The maximum atomic E-state index is 13.0. The normalized spacial score (nSPS) is 15.4. The standard InChI is InChI=1S/C15H15F3N2O/c16-15(17,18)12-3-1-2-4-13(12)20-14(21)9-11(19-20)8-7-10-5-6-10/h1-4,9-10,19H,5-8H2. The highest BCUT2D eigenvalue weighted by molar-refractivity contribution is 5.42. The number of rotatable bonds is 4. The Morgan fingerprint density at radius 1 is 1.24 bits per heavy atom. The zero-order valence-electron chi connectivity index (χ0n) is 11.3. The first kappa shape index (κ1) is 14.0. The van der Waals surface area contributed by atoms with Gasteiger partial charge in [0.25, 0.3) is 5.56 Å². The first-order valence-corrected chi connectivity index (χ1v) is 6.92. The smallest absolute Gasteiger partial charge is 0.295 e. The van der Waals surface area contributed by atoms with Crippen LogP contribution in [-0.2, 0) is 12.6 Å². The third kappa shape index (κ3) is 3.04. The minimum atomic E-state index is -4.49. The van der Waals surface area contributed by atoms with Crippen molar-refractivity contribution in [3.8, 4) is 5.69 Å². The molecule has 1 heterocycles. The molecule has 112 valence electrons. The number of halogens is 3. The zero-order valence-corrected chi connectivity index (χ0v) is 11.3. The molecule has 6 heteroatoms. The summed E-state index contributed by atoms with van der Waals surface area (Å²) in [6.07, 6.45) is -0.402. The van der Waals surface area contributed by atoms with Crippen molar-refractivity contribution in [1.29, 1.82) is 0 Å². The van der Waals surface area contributed by atoms with Crippen LogP contribution in [-0.4, -0.2) is 9.78 Å². The molecule has 3 rings (SSSR count). The van der Waals surface area contributed by atoms with Crippen LogP contribution in [0.2, 0.25) is 0 Å². The molecule has 2 aromatic rings. The number of H-pyrrole nitrogens is 1. The van der Waals surface area contributed by atoms with Crippen molar-refractivity contribution in [1.82, 2.24) is 9.78 Å². The highest BCUT2D eigenvalue weighted by atomic mass is 19.4. The molecule has 1 aliphatic rings. The lowest BCUT2D eigenvalue weighted by atomic mass is 10.2. The number of benzene rings is 1. The van der Waals surface area contributed by atoms with Gasteiger partial charge in [0.1, 0.15) is 0 Å². The summed E-state index contributed by atoms with van der Waals surface area (Å²) in [5, 5.41) is 2.80. The highest BCUT2D eigenvalue weighted by Crippen LogP contribution is 2.34.